The van der Waals surface area contributed by atoms with Crippen LogP contribution in [0.2, 0.25) is 0 Å². The zero-order valence-electron chi connectivity index (χ0n) is 8.06. The fourth-order valence-corrected chi connectivity index (χ4v) is 0.835. The monoisotopic (exact) mass is 158 g/mol. The molecule has 11 heavy (non-hydrogen) atoms. The van der Waals surface area contributed by atoms with E-state index in [1.165, 1.54) is 6.42 Å². The van der Waals surface area contributed by atoms with E-state index in [0.717, 1.165) is 25.4 Å². The van der Waals surface area contributed by atoms with E-state index in [1.54, 1.807) is 0 Å². The third-order valence-electron chi connectivity index (χ3n) is 2.10. The Morgan fingerprint density at radius 3 is 2.27 bits per heavy atom. The zero-order chi connectivity index (χ0) is 8.69. The Morgan fingerprint density at radius 2 is 1.82 bits per heavy atom. The lowest BCUT2D eigenvalue weighted by atomic mass is 10.1. The second-order valence-electron chi connectivity index (χ2n) is 3.48. The van der Waals surface area contributed by atoms with Crippen LogP contribution in [0.5, 0.6) is 0 Å². The molecule has 0 radical (unpaired) electrons. The highest BCUT2D eigenvalue weighted by molar-refractivity contribution is 4.63. The van der Waals surface area contributed by atoms with Crippen LogP contribution in [0.15, 0.2) is 0 Å². The number of rotatable bonds is 6. The summed E-state index contributed by atoms with van der Waals surface area (Å²) in [4.78, 5) is 0. The molecule has 68 valence electrons. The van der Waals surface area contributed by atoms with E-state index in [-0.39, 0.29) is 0 Å². The molecule has 0 amide bonds. The summed E-state index contributed by atoms with van der Waals surface area (Å²) in [6, 6.07) is 0.632. The highest BCUT2D eigenvalue weighted by Gasteiger charge is 2.03. The number of unbranched alkanes of at least 4 members (excludes halogenated alkanes) is 1. The van der Waals surface area contributed by atoms with Gasteiger partial charge in [0.1, 0.15) is 0 Å². The Bertz CT molecular complexity index is 81.6. The number of nitrogens with one attached hydrogen (secondary N) is 1. The zero-order valence-corrected chi connectivity index (χ0v) is 8.06. The Morgan fingerprint density at radius 1 is 1.18 bits per heavy atom. The Kier molecular flexibility index (Phi) is 6.57. The van der Waals surface area contributed by atoms with Gasteiger partial charge in [0.2, 0.25) is 0 Å². The first-order chi connectivity index (χ1) is 5.18. The summed E-state index contributed by atoms with van der Waals surface area (Å²) in [5.41, 5.74) is 5.38. The number of hydrogen-bond donors (Lipinski definition) is 2. The van der Waals surface area contributed by atoms with Gasteiger partial charge in [-0.3, -0.25) is 0 Å². The van der Waals surface area contributed by atoms with Crippen molar-refractivity contribution in [1.82, 2.24) is 5.32 Å². The normalized spacial score (nSPS) is 13.9. The van der Waals surface area contributed by atoms with Crippen molar-refractivity contribution in [1.29, 1.82) is 0 Å². The minimum atomic E-state index is 0.632. The van der Waals surface area contributed by atoms with Crippen molar-refractivity contribution in [2.45, 2.75) is 39.7 Å². The molecule has 0 aliphatic rings. The number of nitrogens with two attached hydrogens (primary N) is 1. The Hall–Kier alpha value is -0.0800. The lowest BCUT2D eigenvalue weighted by Crippen LogP contribution is -2.31. The van der Waals surface area contributed by atoms with Crippen molar-refractivity contribution in [2.75, 3.05) is 13.1 Å². The number of hydrogen-bond acceptors (Lipinski definition) is 2. The van der Waals surface area contributed by atoms with Crippen molar-refractivity contribution in [3.05, 3.63) is 0 Å². The summed E-state index contributed by atoms with van der Waals surface area (Å²) >= 11 is 0. The van der Waals surface area contributed by atoms with Gasteiger partial charge in [-0.15, -0.1) is 0 Å². The van der Waals surface area contributed by atoms with Crippen molar-refractivity contribution >= 4 is 0 Å². The molecule has 0 fully saturated rings. The first kappa shape index (κ1) is 10.9. The minimum absolute atomic E-state index is 0.632. The summed E-state index contributed by atoms with van der Waals surface area (Å²) in [6.07, 6.45) is 2.34. The van der Waals surface area contributed by atoms with E-state index in [1.807, 2.05) is 0 Å². The van der Waals surface area contributed by atoms with Crippen LogP contribution in [-0.2, 0) is 0 Å². The van der Waals surface area contributed by atoms with Crippen LogP contribution in [0.1, 0.15) is 33.6 Å². The quantitative estimate of drug-likeness (QED) is 0.573. The summed E-state index contributed by atoms with van der Waals surface area (Å²) < 4.78 is 0. The highest BCUT2D eigenvalue weighted by atomic mass is 14.9. The van der Waals surface area contributed by atoms with Crippen LogP contribution in [-0.4, -0.2) is 19.1 Å². The maximum atomic E-state index is 5.38. The van der Waals surface area contributed by atoms with Crippen molar-refractivity contribution in [3.8, 4) is 0 Å². The first-order valence-electron chi connectivity index (χ1n) is 4.62. The van der Waals surface area contributed by atoms with E-state index in [2.05, 4.69) is 26.1 Å². The molecule has 0 saturated carbocycles. The van der Waals surface area contributed by atoms with E-state index < -0.39 is 0 Å². The topological polar surface area (TPSA) is 38.0 Å². The van der Waals surface area contributed by atoms with Gasteiger partial charge in [-0.2, -0.15) is 0 Å². The van der Waals surface area contributed by atoms with Crippen LogP contribution in [0, 0.1) is 5.92 Å². The molecular weight excluding hydrogens is 136 g/mol. The van der Waals surface area contributed by atoms with E-state index >= 15 is 0 Å². The van der Waals surface area contributed by atoms with Crippen molar-refractivity contribution in [3.63, 3.8) is 0 Å². The predicted molar refractivity (Wildman–Crippen MR) is 50.6 cm³/mol. The molecule has 0 aromatic carbocycles. The van der Waals surface area contributed by atoms with E-state index in [0.29, 0.717) is 6.04 Å². The molecule has 1 atom stereocenters. The van der Waals surface area contributed by atoms with Crippen molar-refractivity contribution in [2.24, 2.45) is 11.7 Å². The molecule has 0 rings (SSSR count). The van der Waals surface area contributed by atoms with Gasteiger partial charge in [0.25, 0.3) is 0 Å². The van der Waals surface area contributed by atoms with Gasteiger partial charge in [0.05, 0.1) is 0 Å². The molecule has 0 aliphatic carbocycles. The molecule has 0 aliphatic heterocycles. The average Bonchev–Trinajstić information content (AvgIpc) is 1.97. The second-order valence-corrected chi connectivity index (χ2v) is 3.48. The van der Waals surface area contributed by atoms with E-state index in [9.17, 15) is 0 Å². The maximum absolute atomic E-state index is 5.38. The molecule has 1 unspecified atom stereocenters. The fourth-order valence-electron chi connectivity index (χ4n) is 0.835. The molecule has 3 N–H and O–H groups in total. The van der Waals surface area contributed by atoms with Gasteiger partial charge in [0, 0.05) is 6.04 Å². The summed E-state index contributed by atoms with van der Waals surface area (Å²) in [6.45, 7) is 8.63. The van der Waals surface area contributed by atoms with Gasteiger partial charge < -0.3 is 11.1 Å². The molecule has 0 saturated heterocycles. The standard InChI is InChI=1S/C9H22N2/c1-8(2)9(3)11-7-5-4-6-10/h8-9,11H,4-7,10H2,1-3H3. The van der Waals surface area contributed by atoms with Gasteiger partial charge in [0.15, 0.2) is 0 Å². The summed E-state index contributed by atoms with van der Waals surface area (Å²) in [7, 11) is 0. The maximum Gasteiger partial charge on any atom is 0.00617 e. The smallest absolute Gasteiger partial charge is 0.00617 e. The lowest BCUT2D eigenvalue weighted by Gasteiger charge is -2.16. The first-order valence-corrected chi connectivity index (χ1v) is 4.62. The third kappa shape index (κ3) is 6.32. The summed E-state index contributed by atoms with van der Waals surface area (Å²) in [5.74, 6) is 0.730. The fraction of sp³-hybridized carbons (Fsp3) is 1.00. The van der Waals surface area contributed by atoms with Gasteiger partial charge in [-0.05, 0) is 38.8 Å². The van der Waals surface area contributed by atoms with Gasteiger partial charge in [-0.25, -0.2) is 0 Å². The summed E-state index contributed by atoms with van der Waals surface area (Å²) in [5, 5.41) is 3.46. The lowest BCUT2D eigenvalue weighted by molar-refractivity contribution is 0.422. The molecule has 2 nitrogen and oxygen atoms in total. The van der Waals surface area contributed by atoms with Crippen LogP contribution in [0.25, 0.3) is 0 Å². The Labute approximate surface area is 70.5 Å². The van der Waals surface area contributed by atoms with E-state index in [4.69, 9.17) is 5.73 Å². The SMILES string of the molecule is CC(C)C(C)NCCCCN. The van der Waals surface area contributed by atoms with Crippen LogP contribution in [0.4, 0.5) is 0 Å². The molecule has 0 aromatic heterocycles. The molecular formula is C9H22N2. The molecule has 2 heteroatoms. The molecule has 0 heterocycles. The van der Waals surface area contributed by atoms with Gasteiger partial charge >= 0.3 is 0 Å². The minimum Gasteiger partial charge on any atom is -0.330 e. The van der Waals surface area contributed by atoms with Gasteiger partial charge in [-0.1, -0.05) is 13.8 Å². The largest absolute Gasteiger partial charge is 0.330 e. The highest BCUT2D eigenvalue weighted by Crippen LogP contribution is 1.99. The third-order valence-corrected chi connectivity index (χ3v) is 2.10. The average molecular weight is 158 g/mol. The van der Waals surface area contributed by atoms with Crippen molar-refractivity contribution < 1.29 is 0 Å². The molecule has 0 bridgehead atoms. The second kappa shape index (κ2) is 6.62. The Balaban J connectivity index is 3.10. The van der Waals surface area contributed by atoms with Crippen LogP contribution < -0.4 is 11.1 Å². The van der Waals surface area contributed by atoms with Crippen LogP contribution >= 0.6 is 0 Å². The predicted octanol–water partition coefficient (Wildman–Crippen LogP) is 1.36. The molecule has 0 spiro atoms. The van der Waals surface area contributed by atoms with Crippen LogP contribution in [0.3, 0.4) is 0 Å². The molecule has 0 aromatic rings.